The van der Waals surface area contributed by atoms with Crippen molar-refractivity contribution in [2.45, 2.75) is 6.42 Å². The Morgan fingerprint density at radius 3 is 2.62 bits per heavy atom. The van der Waals surface area contributed by atoms with Gasteiger partial charge in [0.05, 0.1) is 5.69 Å². The van der Waals surface area contributed by atoms with Gasteiger partial charge in [-0.05, 0) is 29.7 Å². The third-order valence-electron chi connectivity index (χ3n) is 3.68. The topological polar surface area (TPSA) is 59.2 Å². The van der Waals surface area contributed by atoms with Crippen molar-refractivity contribution in [2.75, 3.05) is 18.8 Å². The number of nitrogens with two attached hydrogens (primary N) is 1. The number of carbonyl (C=O) groups is 1. The van der Waals surface area contributed by atoms with E-state index in [1.54, 1.807) is 23.2 Å². The molecule has 0 spiro atoms. The Morgan fingerprint density at radius 2 is 1.95 bits per heavy atom. The highest BCUT2D eigenvalue weighted by molar-refractivity contribution is 5.97. The highest BCUT2D eigenvalue weighted by atomic mass is 16.2. The Bertz CT molecular complexity index is 679. The first-order valence-corrected chi connectivity index (χ1v) is 7.00. The second-order valence-corrected chi connectivity index (χ2v) is 5.04. The summed E-state index contributed by atoms with van der Waals surface area (Å²) in [6, 6.07) is 13.7. The van der Waals surface area contributed by atoms with Crippen molar-refractivity contribution in [2.24, 2.45) is 0 Å². The van der Waals surface area contributed by atoms with Gasteiger partial charge < -0.3 is 10.6 Å². The summed E-state index contributed by atoms with van der Waals surface area (Å²) in [5.74, 6) is -0.100. The molecule has 2 N–H and O–H groups in total. The number of nitrogen functional groups attached to an aromatic ring is 1. The number of pyridine rings is 1. The van der Waals surface area contributed by atoms with Crippen LogP contribution >= 0.6 is 0 Å². The Labute approximate surface area is 123 Å². The maximum absolute atomic E-state index is 12.4. The van der Waals surface area contributed by atoms with Crippen molar-refractivity contribution in [1.29, 1.82) is 0 Å². The van der Waals surface area contributed by atoms with E-state index in [1.165, 1.54) is 11.1 Å². The zero-order valence-corrected chi connectivity index (χ0v) is 11.7. The molecule has 2 heterocycles. The Balaban J connectivity index is 1.75. The number of benzene rings is 1. The molecule has 0 unspecified atom stereocenters. The second-order valence-electron chi connectivity index (χ2n) is 5.04. The average Bonchev–Trinajstić information content (AvgIpc) is 2.56. The lowest BCUT2D eigenvalue weighted by molar-refractivity contribution is 0.0768. The Morgan fingerprint density at radius 1 is 1.14 bits per heavy atom. The van der Waals surface area contributed by atoms with E-state index in [0.717, 1.165) is 6.42 Å². The van der Waals surface area contributed by atoms with E-state index in [9.17, 15) is 4.79 Å². The van der Waals surface area contributed by atoms with Gasteiger partial charge in [-0.1, -0.05) is 36.4 Å². The SMILES string of the molecule is Nc1cccnc1C(=O)N1CC=C(c2ccccc2)CC1. The Kier molecular flexibility index (Phi) is 3.69. The van der Waals surface area contributed by atoms with Gasteiger partial charge in [0, 0.05) is 19.3 Å². The molecule has 4 heteroatoms. The number of carbonyl (C=O) groups excluding carboxylic acids is 1. The van der Waals surface area contributed by atoms with Gasteiger partial charge in [0.2, 0.25) is 0 Å². The minimum atomic E-state index is -0.100. The molecule has 4 nitrogen and oxygen atoms in total. The predicted octanol–water partition coefficient (Wildman–Crippen LogP) is 2.59. The minimum Gasteiger partial charge on any atom is -0.397 e. The van der Waals surface area contributed by atoms with Crippen LogP contribution in [0.3, 0.4) is 0 Å². The van der Waals surface area contributed by atoms with Gasteiger partial charge in [-0.15, -0.1) is 0 Å². The third-order valence-corrected chi connectivity index (χ3v) is 3.68. The molecule has 0 atom stereocenters. The number of anilines is 1. The quantitative estimate of drug-likeness (QED) is 0.919. The lowest BCUT2D eigenvalue weighted by Gasteiger charge is -2.26. The van der Waals surface area contributed by atoms with E-state index in [1.807, 2.05) is 18.2 Å². The van der Waals surface area contributed by atoms with Gasteiger partial charge in [-0.3, -0.25) is 4.79 Å². The number of nitrogens with zero attached hydrogens (tertiary/aromatic N) is 2. The molecule has 1 amide bonds. The maximum atomic E-state index is 12.4. The number of rotatable bonds is 2. The fraction of sp³-hybridized carbons (Fsp3) is 0.176. The van der Waals surface area contributed by atoms with Crippen LogP contribution in [0.5, 0.6) is 0 Å². The first-order valence-electron chi connectivity index (χ1n) is 7.00. The standard InChI is InChI=1S/C17H17N3O/c18-15-7-4-10-19-16(15)17(21)20-11-8-14(9-12-20)13-5-2-1-3-6-13/h1-8,10H,9,11-12,18H2. The molecule has 3 rings (SSSR count). The summed E-state index contributed by atoms with van der Waals surface area (Å²) >= 11 is 0. The van der Waals surface area contributed by atoms with E-state index in [0.29, 0.717) is 24.5 Å². The van der Waals surface area contributed by atoms with Gasteiger partial charge in [0.25, 0.3) is 5.91 Å². The maximum Gasteiger partial charge on any atom is 0.274 e. The predicted molar refractivity (Wildman–Crippen MR) is 83.6 cm³/mol. The largest absolute Gasteiger partial charge is 0.397 e. The van der Waals surface area contributed by atoms with Crippen LogP contribution < -0.4 is 5.73 Å². The summed E-state index contributed by atoms with van der Waals surface area (Å²) in [5.41, 5.74) is 9.10. The van der Waals surface area contributed by atoms with E-state index in [2.05, 4.69) is 23.2 Å². The number of amides is 1. The molecule has 1 aromatic carbocycles. The van der Waals surface area contributed by atoms with Crippen molar-refractivity contribution in [3.05, 3.63) is 66.0 Å². The number of aromatic nitrogens is 1. The highest BCUT2D eigenvalue weighted by Crippen LogP contribution is 2.23. The summed E-state index contributed by atoms with van der Waals surface area (Å²) in [5, 5.41) is 0. The summed E-state index contributed by atoms with van der Waals surface area (Å²) < 4.78 is 0. The molecule has 2 aromatic rings. The fourth-order valence-corrected chi connectivity index (χ4v) is 2.51. The van der Waals surface area contributed by atoms with Crippen molar-refractivity contribution < 1.29 is 4.79 Å². The normalized spacial score (nSPS) is 14.7. The third kappa shape index (κ3) is 2.79. The van der Waals surface area contributed by atoms with Crippen molar-refractivity contribution >= 4 is 17.2 Å². The van der Waals surface area contributed by atoms with Crippen LogP contribution in [0.4, 0.5) is 5.69 Å². The first-order chi connectivity index (χ1) is 10.3. The van der Waals surface area contributed by atoms with Gasteiger partial charge >= 0.3 is 0 Å². The zero-order chi connectivity index (χ0) is 14.7. The number of hydrogen-bond donors (Lipinski definition) is 1. The van der Waals surface area contributed by atoms with Crippen molar-refractivity contribution in [1.82, 2.24) is 9.88 Å². The van der Waals surface area contributed by atoms with Crippen LogP contribution in [-0.2, 0) is 0 Å². The summed E-state index contributed by atoms with van der Waals surface area (Å²) in [6.45, 7) is 1.29. The van der Waals surface area contributed by atoms with Gasteiger partial charge in [0.15, 0.2) is 5.69 Å². The lowest BCUT2D eigenvalue weighted by atomic mass is 9.99. The molecule has 0 fully saturated rings. The van der Waals surface area contributed by atoms with E-state index in [-0.39, 0.29) is 5.91 Å². The van der Waals surface area contributed by atoms with Gasteiger partial charge in [-0.25, -0.2) is 4.98 Å². The van der Waals surface area contributed by atoms with Crippen LogP contribution in [0.2, 0.25) is 0 Å². The van der Waals surface area contributed by atoms with Crippen LogP contribution in [-0.4, -0.2) is 28.9 Å². The van der Waals surface area contributed by atoms with E-state index >= 15 is 0 Å². The molecule has 106 valence electrons. The lowest BCUT2D eigenvalue weighted by Crippen LogP contribution is -2.35. The fourth-order valence-electron chi connectivity index (χ4n) is 2.51. The van der Waals surface area contributed by atoms with E-state index in [4.69, 9.17) is 5.73 Å². The molecule has 21 heavy (non-hydrogen) atoms. The minimum absolute atomic E-state index is 0.100. The van der Waals surface area contributed by atoms with Crippen LogP contribution in [0, 0.1) is 0 Å². The molecular weight excluding hydrogens is 262 g/mol. The second kappa shape index (κ2) is 5.79. The summed E-state index contributed by atoms with van der Waals surface area (Å²) in [7, 11) is 0. The number of hydrogen-bond acceptors (Lipinski definition) is 3. The molecule has 0 saturated carbocycles. The monoisotopic (exact) mass is 279 g/mol. The molecule has 1 aromatic heterocycles. The van der Waals surface area contributed by atoms with Gasteiger partial charge in [-0.2, -0.15) is 0 Å². The molecule has 0 radical (unpaired) electrons. The summed E-state index contributed by atoms with van der Waals surface area (Å²) in [4.78, 5) is 18.3. The average molecular weight is 279 g/mol. The van der Waals surface area contributed by atoms with Crippen molar-refractivity contribution in [3.63, 3.8) is 0 Å². The smallest absolute Gasteiger partial charge is 0.274 e. The molecule has 1 aliphatic heterocycles. The van der Waals surface area contributed by atoms with Crippen LogP contribution in [0.1, 0.15) is 22.5 Å². The van der Waals surface area contributed by atoms with Crippen LogP contribution in [0.25, 0.3) is 5.57 Å². The molecule has 0 aliphatic carbocycles. The first kappa shape index (κ1) is 13.4. The molecular formula is C17H17N3O. The highest BCUT2D eigenvalue weighted by Gasteiger charge is 2.21. The van der Waals surface area contributed by atoms with E-state index < -0.39 is 0 Å². The zero-order valence-electron chi connectivity index (χ0n) is 11.7. The molecule has 1 aliphatic rings. The summed E-state index contributed by atoms with van der Waals surface area (Å²) in [6.07, 6.45) is 4.55. The molecule has 0 saturated heterocycles. The van der Waals surface area contributed by atoms with Crippen molar-refractivity contribution in [3.8, 4) is 0 Å². The Hall–Kier alpha value is -2.62. The van der Waals surface area contributed by atoms with Crippen LogP contribution in [0.15, 0.2) is 54.7 Å². The molecule has 0 bridgehead atoms. The van der Waals surface area contributed by atoms with Gasteiger partial charge in [0.1, 0.15) is 0 Å².